The molecule has 0 aromatic heterocycles. The Hall–Kier alpha value is -1.44. The predicted octanol–water partition coefficient (Wildman–Crippen LogP) is 1.98. The molecule has 1 heterocycles. The summed E-state index contributed by atoms with van der Waals surface area (Å²) in [4.78, 5) is 14.3. The average molecular weight is 368 g/mol. The highest BCUT2D eigenvalue weighted by atomic mass is 32.2. The average Bonchev–Trinajstić information content (AvgIpc) is 2.61. The Morgan fingerprint density at radius 3 is 2.76 bits per heavy atom. The van der Waals surface area contributed by atoms with Crippen molar-refractivity contribution in [1.29, 1.82) is 0 Å². The maximum Gasteiger partial charge on any atom is 0.254 e. The number of piperidine rings is 1. The van der Waals surface area contributed by atoms with Crippen LogP contribution in [0.3, 0.4) is 0 Å². The molecule has 2 rings (SSSR count). The molecule has 0 radical (unpaired) electrons. The number of benzene rings is 1. The zero-order valence-electron chi connectivity index (χ0n) is 15.3. The van der Waals surface area contributed by atoms with Gasteiger partial charge in [-0.05, 0) is 44.9 Å². The lowest BCUT2D eigenvalue weighted by Crippen LogP contribution is -2.52. The number of unbranched alkanes of at least 4 members (excludes halogenated alkanes) is 1. The lowest BCUT2D eigenvalue weighted by atomic mass is 10.0. The minimum atomic E-state index is -3.76. The normalized spacial score (nSPS) is 21.1. The largest absolute Gasteiger partial charge is 0.342 e. The predicted molar refractivity (Wildman–Crippen MR) is 99.1 cm³/mol. The van der Waals surface area contributed by atoms with Gasteiger partial charge in [0.15, 0.2) is 0 Å². The van der Waals surface area contributed by atoms with Crippen molar-refractivity contribution < 1.29 is 13.2 Å². The van der Waals surface area contributed by atoms with Crippen molar-refractivity contribution in [2.45, 2.75) is 56.5 Å². The molecule has 0 saturated carbocycles. The first-order valence-electron chi connectivity index (χ1n) is 8.97. The molecule has 7 heteroatoms. The molecule has 0 spiro atoms. The lowest BCUT2D eigenvalue weighted by Gasteiger charge is -2.30. The molecule has 0 aliphatic carbocycles. The van der Waals surface area contributed by atoms with Gasteiger partial charge in [-0.15, -0.1) is 0 Å². The number of rotatable bonds is 7. The van der Waals surface area contributed by atoms with Crippen LogP contribution in [0.15, 0.2) is 29.2 Å². The summed E-state index contributed by atoms with van der Waals surface area (Å²) in [5.74, 6) is -0.260. The van der Waals surface area contributed by atoms with Gasteiger partial charge in [-0.2, -0.15) is 0 Å². The highest BCUT2D eigenvalue weighted by Gasteiger charge is 2.29. The molecule has 1 aromatic rings. The highest BCUT2D eigenvalue weighted by molar-refractivity contribution is 7.89. The lowest BCUT2D eigenvalue weighted by molar-refractivity contribution is 0.0789. The first kappa shape index (κ1) is 19.9. The Bertz CT molecular complexity index is 691. The van der Waals surface area contributed by atoms with E-state index in [1.54, 1.807) is 30.1 Å². The van der Waals surface area contributed by atoms with Gasteiger partial charge in [0, 0.05) is 25.7 Å². The van der Waals surface area contributed by atoms with Crippen LogP contribution in [0.25, 0.3) is 0 Å². The Kier molecular flexibility index (Phi) is 6.98. The van der Waals surface area contributed by atoms with Crippen molar-refractivity contribution in [3.05, 3.63) is 29.8 Å². The van der Waals surface area contributed by atoms with Crippen molar-refractivity contribution in [2.24, 2.45) is 0 Å². The molecule has 2 N–H and O–H groups in total. The second-order valence-corrected chi connectivity index (χ2v) is 8.37. The molecule has 1 aromatic carbocycles. The molecule has 1 aliphatic rings. The topological polar surface area (TPSA) is 78.5 Å². The van der Waals surface area contributed by atoms with Crippen LogP contribution in [0, 0.1) is 0 Å². The van der Waals surface area contributed by atoms with Crippen LogP contribution in [0.1, 0.15) is 49.9 Å². The van der Waals surface area contributed by atoms with Crippen LogP contribution in [0.2, 0.25) is 0 Å². The molecule has 1 aliphatic heterocycles. The monoisotopic (exact) mass is 367 g/mol. The fraction of sp³-hybridized carbons (Fsp3) is 0.611. The van der Waals surface area contributed by atoms with Gasteiger partial charge in [0.05, 0.1) is 10.5 Å². The molecule has 2 unspecified atom stereocenters. The molecule has 6 nitrogen and oxygen atoms in total. The van der Waals surface area contributed by atoms with Crippen LogP contribution in [0.4, 0.5) is 0 Å². The Morgan fingerprint density at radius 1 is 1.36 bits per heavy atom. The minimum Gasteiger partial charge on any atom is -0.342 e. The molecule has 1 saturated heterocycles. The van der Waals surface area contributed by atoms with Gasteiger partial charge in [-0.1, -0.05) is 25.5 Å². The van der Waals surface area contributed by atoms with Crippen LogP contribution in [-0.4, -0.2) is 51.4 Å². The van der Waals surface area contributed by atoms with E-state index in [1.807, 2.05) is 6.92 Å². The third-order valence-corrected chi connectivity index (χ3v) is 6.22. The third kappa shape index (κ3) is 5.03. The number of nitrogens with one attached hydrogen (secondary N) is 2. The Labute approximate surface area is 151 Å². The fourth-order valence-corrected chi connectivity index (χ4v) is 4.60. The maximum absolute atomic E-state index is 12.9. The van der Waals surface area contributed by atoms with Gasteiger partial charge in [0.1, 0.15) is 0 Å². The molecular weight excluding hydrogens is 338 g/mol. The summed E-state index contributed by atoms with van der Waals surface area (Å²) < 4.78 is 28.6. The SMILES string of the molecule is CCCCN(C)C(=O)c1ccccc1S(=O)(=O)NC1CCCNC1C. The molecular formula is C18H29N3O3S. The standard InChI is InChI=1S/C18H29N3O3S/c1-4-5-13-21(3)18(22)15-9-6-7-11-17(15)25(23,24)20-16-10-8-12-19-14(16)2/h6-7,9,11,14,16,19-20H,4-5,8,10,12-13H2,1-3H3. The van der Waals surface area contributed by atoms with E-state index in [4.69, 9.17) is 0 Å². The van der Waals surface area contributed by atoms with E-state index in [2.05, 4.69) is 17.0 Å². The zero-order chi connectivity index (χ0) is 18.4. The van der Waals surface area contributed by atoms with Gasteiger partial charge >= 0.3 is 0 Å². The smallest absolute Gasteiger partial charge is 0.254 e. The van der Waals surface area contributed by atoms with E-state index in [1.165, 1.54) is 6.07 Å². The number of nitrogens with zero attached hydrogens (tertiary/aromatic N) is 1. The van der Waals surface area contributed by atoms with Crippen LogP contribution in [-0.2, 0) is 10.0 Å². The second-order valence-electron chi connectivity index (χ2n) is 6.69. The van der Waals surface area contributed by atoms with E-state index < -0.39 is 10.0 Å². The van der Waals surface area contributed by atoms with E-state index in [0.29, 0.717) is 6.54 Å². The second kappa shape index (κ2) is 8.78. The number of hydrogen-bond acceptors (Lipinski definition) is 4. The van der Waals surface area contributed by atoms with Crippen LogP contribution in [0.5, 0.6) is 0 Å². The van der Waals surface area contributed by atoms with Gasteiger partial charge in [-0.3, -0.25) is 4.79 Å². The van der Waals surface area contributed by atoms with Crippen molar-refractivity contribution >= 4 is 15.9 Å². The van der Waals surface area contributed by atoms with E-state index in [9.17, 15) is 13.2 Å². The molecule has 1 amide bonds. The minimum absolute atomic E-state index is 0.0566. The molecule has 2 atom stereocenters. The summed E-state index contributed by atoms with van der Waals surface area (Å²) in [5, 5.41) is 3.28. The van der Waals surface area contributed by atoms with Crippen LogP contribution >= 0.6 is 0 Å². The molecule has 140 valence electrons. The van der Waals surface area contributed by atoms with Gasteiger partial charge in [-0.25, -0.2) is 13.1 Å². The van der Waals surface area contributed by atoms with E-state index in [0.717, 1.165) is 32.2 Å². The molecule has 1 fully saturated rings. The molecule has 25 heavy (non-hydrogen) atoms. The van der Waals surface area contributed by atoms with Crippen molar-refractivity contribution in [2.75, 3.05) is 20.1 Å². The summed E-state index contributed by atoms with van der Waals surface area (Å²) in [6.07, 6.45) is 3.59. The van der Waals surface area contributed by atoms with Gasteiger partial charge in [0.25, 0.3) is 5.91 Å². The van der Waals surface area contributed by atoms with Crippen molar-refractivity contribution in [3.8, 4) is 0 Å². The molecule has 0 bridgehead atoms. The van der Waals surface area contributed by atoms with Crippen LogP contribution < -0.4 is 10.0 Å². The number of carbonyl (C=O) groups excluding carboxylic acids is 1. The first-order chi connectivity index (χ1) is 11.9. The number of hydrogen-bond donors (Lipinski definition) is 2. The van der Waals surface area contributed by atoms with E-state index >= 15 is 0 Å². The summed E-state index contributed by atoms with van der Waals surface area (Å²) in [6, 6.07) is 6.34. The summed E-state index contributed by atoms with van der Waals surface area (Å²) >= 11 is 0. The Balaban J connectivity index is 2.24. The summed E-state index contributed by atoms with van der Waals surface area (Å²) in [7, 11) is -2.05. The Morgan fingerprint density at radius 2 is 2.08 bits per heavy atom. The van der Waals surface area contributed by atoms with E-state index in [-0.39, 0.29) is 28.4 Å². The van der Waals surface area contributed by atoms with Gasteiger partial charge in [0.2, 0.25) is 10.0 Å². The maximum atomic E-state index is 12.9. The first-order valence-corrected chi connectivity index (χ1v) is 10.5. The number of amides is 1. The zero-order valence-corrected chi connectivity index (χ0v) is 16.1. The van der Waals surface area contributed by atoms with Crippen molar-refractivity contribution in [1.82, 2.24) is 14.9 Å². The summed E-state index contributed by atoms with van der Waals surface area (Å²) in [5.41, 5.74) is 0.227. The van der Waals surface area contributed by atoms with Crippen molar-refractivity contribution in [3.63, 3.8) is 0 Å². The third-order valence-electron chi connectivity index (χ3n) is 4.67. The summed E-state index contributed by atoms with van der Waals surface area (Å²) in [6.45, 7) is 5.54. The fourth-order valence-electron chi connectivity index (χ4n) is 3.05. The van der Waals surface area contributed by atoms with Gasteiger partial charge < -0.3 is 10.2 Å². The number of carbonyl (C=O) groups is 1. The number of sulfonamides is 1. The highest BCUT2D eigenvalue weighted by Crippen LogP contribution is 2.19. The quantitative estimate of drug-likeness (QED) is 0.772.